The van der Waals surface area contributed by atoms with Gasteiger partial charge in [0.1, 0.15) is 0 Å². The van der Waals surface area contributed by atoms with Crippen LogP contribution >= 0.6 is 23.4 Å². The molecule has 4 rings (SSSR count). The highest BCUT2D eigenvalue weighted by Crippen LogP contribution is 2.44. The summed E-state index contributed by atoms with van der Waals surface area (Å²) in [6, 6.07) is 8.46. The van der Waals surface area contributed by atoms with E-state index in [0.717, 1.165) is 16.9 Å². The lowest BCUT2D eigenvalue weighted by Crippen LogP contribution is -2.35. The fourth-order valence-electron chi connectivity index (χ4n) is 4.46. The number of rotatable bonds is 4. The van der Waals surface area contributed by atoms with Crippen molar-refractivity contribution in [2.75, 3.05) is 25.4 Å². The first kappa shape index (κ1) is 16.8. The molecule has 3 aliphatic rings. The summed E-state index contributed by atoms with van der Waals surface area (Å²) in [7, 11) is 0. The molecule has 2 atom stereocenters. The standard InChI is InChI=1S/C21H26ClNS/c22-19-5-1-4-18(15-19)16-7-11-23(12-8-16)13-9-17-3-2-6-21-20(17)10-14-24-21/h1-6,15-17,20H,7-14H2. The van der Waals surface area contributed by atoms with E-state index in [4.69, 9.17) is 11.6 Å². The van der Waals surface area contributed by atoms with E-state index in [2.05, 4.69) is 53.1 Å². The summed E-state index contributed by atoms with van der Waals surface area (Å²) >= 11 is 8.23. The molecule has 1 nitrogen and oxygen atoms in total. The van der Waals surface area contributed by atoms with Crippen LogP contribution in [0.5, 0.6) is 0 Å². The van der Waals surface area contributed by atoms with Crippen molar-refractivity contribution in [1.82, 2.24) is 4.90 Å². The molecule has 24 heavy (non-hydrogen) atoms. The third-order valence-electron chi connectivity index (χ3n) is 5.88. The van der Waals surface area contributed by atoms with Gasteiger partial charge in [0.2, 0.25) is 0 Å². The van der Waals surface area contributed by atoms with E-state index in [0.29, 0.717) is 5.92 Å². The normalized spacial score (nSPS) is 28.0. The molecule has 1 aromatic carbocycles. The van der Waals surface area contributed by atoms with Crippen LogP contribution in [0.1, 0.15) is 37.2 Å². The van der Waals surface area contributed by atoms with E-state index in [1.165, 1.54) is 56.6 Å². The summed E-state index contributed by atoms with van der Waals surface area (Å²) in [5, 5.41) is 0.873. The maximum atomic E-state index is 6.15. The van der Waals surface area contributed by atoms with Crippen molar-refractivity contribution in [2.24, 2.45) is 11.8 Å². The van der Waals surface area contributed by atoms with Gasteiger partial charge in [-0.2, -0.15) is 0 Å². The minimum atomic E-state index is 0.690. The van der Waals surface area contributed by atoms with Crippen molar-refractivity contribution in [3.05, 3.63) is 58.0 Å². The lowest BCUT2D eigenvalue weighted by atomic mass is 9.83. The zero-order valence-corrected chi connectivity index (χ0v) is 15.7. The van der Waals surface area contributed by atoms with Gasteiger partial charge in [0.25, 0.3) is 0 Å². The average Bonchev–Trinajstić information content (AvgIpc) is 3.10. The predicted octanol–water partition coefficient (Wildman–Crippen LogP) is 5.73. The van der Waals surface area contributed by atoms with E-state index in [9.17, 15) is 0 Å². The Morgan fingerprint density at radius 2 is 2.04 bits per heavy atom. The summed E-state index contributed by atoms with van der Waals surface area (Å²) in [6.07, 6.45) is 12.3. The van der Waals surface area contributed by atoms with Crippen molar-refractivity contribution >= 4 is 23.4 Å². The van der Waals surface area contributed by atoms with Crippen LogP contribution in [-0.4, -0.2) is 30.3 Å². The van der Waals surface area contributed by atoms with Crippen molar-refractivity contribution in [1.29, 1.82) is 0 Å². The number of hydrogen-bond donors (Lipinski definition) is 0. The molecule has 2 heterocycles. The third kappa shape index (κ3) is 3.76. The lowest BCUT2D eigenvalue weighted by molar-refractivity contribution is 0.197. The highest BCUT2D eigenvalue weighted by Gasteiger charge is 2.30. The maximum absolute atomic E-state index is 6.15. The van der Waals surface area contributed by atoms with Crippen LogP contribution in [0.2, 0.25) is 5.02 Å². The first-order chi connectivity index (χ1) is 11.8. The molecule has 0 amide bonds. The first-order valence-electron chi connectivity index (χ1n) is 9.28. The SMILES string of the molecule is Clc1cccc(C2CCN(CCC3C=CC=C4SCCC43)CC2)c1. The molecule has 3 heteroatoms. The molecule has 1 aromatic rings. The Morgan fingerprint density at radius 1 is 1.17 bits per heavy atom. The third-order valence-corrected chi connectivity index (χ3v) is 7.33. The molecule has 2 aliphatic heterocycles. The van der Waals surface area contributed by atoms with Gasteiger partial charge in [0.15, 0.2) is 0 Å². The Labute approximate surface area is 155 Å². The molecule has 1 aliphatic carbocycles. The summed E-state index contributed by atoms with van der Waals surface area (Å²) in [5.41, 5.74) is 1.43. The van der Waals surface area contributed by atoms with Crippen LogP contribution in [0.15, 0.2) is 47.4 Å². The molecule has 2 saturated heterocycles. The van der Waals surface area contributed by atoms with Crippen LogP contribution < -0.4 is 0 Å². The Kier molecular flexibility index (Phi) is 5.36. The number of thioether (sulfide) groups is 1. The second kappa shape index (κ2) is 7.68. The second-order valence-corrected chi connectivity index (χ2v) is 8.93. The Morgan fingerprint density at radius 3 is 2.88 bits per heavy atom. The zero-order valence-electron chi connectivity index (χ0n) is 14.2. The number of halogens is 1. The van der Waals surface area contributed by atoms with Crippen molar-refractivity contribution in [3.8, 4) is 0 Å². The number of piperidine rings is 1. The van der Waals surface area contributed by atoms with Gasteiger partial charge >= 0.3 is 0 Å². The van der Waals surface area contributed by atoms with Gasteiger partial charge in [-0.05, 0) is 91.4 Å². The number of fused-ring (bicyclic) bond motifs is 1. The van der Waals surface area contributed by atoms with Gasteiger partial charge in [-0.3, -0.25) is 0 Å². The minimum absolute atomic E-state index is 0.690. The van der Waals surface area contributed by atoms with Crippen LogP contribution in [0.4, 0.5) is 0 Å². The molecule has 0 saturated carbocycles. The molecular weight excluding hydrogens is 334 g/mol. The summed E-state index contributed by atoms with van der Waals surface area (Å²) in [5.74, 6) is 3.60. The monoisotopic (exact) mass is 359 g/mol. The Bertz CT molecular complexity index is 630. The Balaban J connectivity index is 1.26. The van der Waals surface area contributed by atoms with Gasteiger partial charge in [-0.1, -0.05) is 42.0 Å². The maximum Gasteiger partial charge on any atom is 0.0408 e. The van der Waals surface area contributed by atoms with Crippen molar-refractivity contribution < 1.29 is 0 Å². The summed E-state index contributed by atoms with van der Waals surface area (Å²) < 4.78 is 0. The number of benzene rings is 1. The van der Waals surface area contributed by atoms with Crippen molar-refractivity contribution in [2.45, 2.75) is 31.6 Å². The van der Waals surface area contributed by atoms with E-state index in [1.807, 2.05) is 6.07 Å². The summed E-state index contributed by atoms with van der Waals surface area (Å²) in [6.45, 7) is 3.72. The highest BCUT2D eigenvalue weighted by molar-refractivity contribution is 8.03. The lowest BCUT2D eigenvalue weighted by Gasteiger charge is -2.34. The van der Waals surface area contributed by atoms with E-state index < -0.39 is 0 Å². The number of likely N-dealkylation sites (tertiary alicyclic amines) is 1. The summed E-state index contributed by atoms with van der Waals surface area (Å²) in [4.78, 5) is 4.32. The van der Waals surface area contributed by atoms with Crippen molar-refractivity contribution in [3.63, 3.8) is 0 Å². The first-order valence-corrected chi connectivity index (χ1v) is 10.6. The molecule has 2 fully saturated rings. The molecule has 0 aromatic heterocycles. The molecular formula is C21H26ClNS. The largest absolute Gasteiger partial charge is 0.303 e. The minimum Gasteiger partial charge on any atom is -0.303 e. The average molecular weight is 360 g/mol. The van der Waals surface area contributed by atoms with Gasteiger partial charge in [-0.25, -0.2) is 0 Å². The quantitative estimate of drug-likeness (QED) is 0.675. The highest BCUT2D eigenvalue weighted by atomic mass is 35.5. The van der Waals surface area contributed by atoms with Crippen LogP contribution in [0.3, 0.4) is 0 Å². The number of hydrogen-bond acceptors (Lipinski definition) is 2. The van der Waals surface area contributed by atoms with Crippen LogP contribution in [-0.2, 0) is 0 Å². The molecule has 0 spiro atoms. The smallest absolute Gasteiger partial charge is 0.0408 e. The van der Waals surface area contributed by atoms with E-state index in [-0.39, 0.29) is 0 Å². The zero-order chi connectivity index (χ0) is 16.4. The van der Waals surface area contributed by atoms with Crippen LogP contribution in [0, 0.1) is 11.8 Å². The molecule has 0 radical (unpaired) electrons. The number of allylic oxidation sites excluding steroid dienone is 4. The molecule has 128 valence electrons. The van der Waals surface area contributed by atoms with Gasteiger partial charge in [-0.15, -0.1) is 11.8 Å². The van der Waals surface area contributed by atoms with Gasteiger partial charge in [0.05, 0.1) is 0 Å². The molecule has 0 N–H and O–H groups in total. The molecule has 2 unspecified atom stereocenters. The second-order valence-electron chi connectivity index (χ2n) is 7.32. The fraction of sp³-hybridized carbons (Fsp3) is 0.524. The molecule has 0 bridgehead atoms. The Hall–Kier alpha value is -0.700. The van der Waals surface area contributed by atoms with Gasteiger partial charge < -0.3 is 4.90 Å². The fourth-order valence-corrected chi connectivity index (χ4v) is 5.94. The van der Waals surface area contributed by atoms with E-state index in [1.54, 1.807) is 4.91 Å². The topological polar surface area (TPSA) is 3.24 Å². The van der Waals surface area contributed by atoms with Gasteiger partial charge in [0, 0.05) is 5.02 Å². The predicted molar refractivity (Wildman–Crippen MR) is 106 cm³/mol. The van der Waals surface area contributed by atoms with E-state index >= 15 is 0 Å². The number of nitrogens with zero attached hydrogens (tertiary/aromatic N) is 1. The van der Waals surface area contributed by atoms with Crippen LogP contribution in [0.25, 0.3) is 0 Å².